The van der Waals surface area contributed by atoms with E-state index in [4.69, 9.17) is 11.5 Å². The Morgan fingerprint density at radius 2 is 2.28 bits per heavy atom. The quantitative estimate of drug-likeness (QED) is 0.487. The van der Waals surface area contributed by atoms with Crippen molar-refractivity contribution in [1.29, 1.82) is 0 Å². The molecule has 0 heterocycles. The molecule has 0 fully saturated rings. The summed E-state index contributed by atoms with van der Waals surface area (Å²) >= 11 is 0. The van der Waals surface area contributed by atoms with Crippen molar-refractivity contribution in [2.45, 2.75) is 6.92 Å². The molecule has 0 saturated carbocycles. The molecule has 0 aliphatic carbocycles. The number of carboxylic acid groups (broad SMARTS) is 1. The molecular formula is C12H12N2O4. The normalized spacial score (nSPS) is 9.56. The zero-order valence-corrected chi connectivity index (χ0v) is 9.79. The van der Waals surface area contributed by atoms with Crippen LogP contribution < -0.4 is 4.90 Å². The van der Waals surface area contributed by atoms with Crippen LogP contribution in [0.25, 0.3) is 0 Å². The zero-order valence-electron chi connectivity index (χ0n) is 9.79. The number of nitro benzene ring substituents is 1. The smallest absolute Gasteiger partial charge is 0.337 e. The van der Waals surface area contributed by atoms with Gasteiger partial charge in [-0.1, -0.05) is 5.92 Å². The molecule has 0 aliphatic heterocycles. The van der Waals surface area contributed by atoms with E-state index in [1.165, 1.54) is 12.1 Å². The van der Waals surface area contributed by atoms with Crippen molar-refractivity contribution in [2.75, 3.05) is 18.0 Å². The average Bonchev–Trinajstić information content (AvgIpc) is 2.35. The van der Waals surface area contributed by atoms with Gasteiger partial charge in [-0.15, -0.1) is 6.42 Å². The maximum absolute atomic E-state index is 11.1. The summed E-state index contributed by atoms with van der Waals surface area (Å²) < 4.78 is 0. The van der Waals surface area contributed by atoms with Crippen LogP contribution in [-0.2, 0) is 0 Å². The maximum Gasteiger partial charge on any atom is 0.337 e. The topological polar surface area (TPSA) is 83.7 Å². The third-order valence-electron chi connectivity index (χ3n) is 2.43. The molecule has 94 valence electrons. The fourth-order valence-corrected chi connectivity index (χ4v) is 1.55. The summed E-state index contributed by atoms with van der Waals surface area (Å²) in [7, 11) is 0. The molecule has 6 nitrogen and oxygen atoms in total. The summed E-state index contributed by atoms with van der Waals surface area (Å²) in [5, 5.41) is 19.8. The number of aromatic carboxylic acids is 1. The first-order chi connectivity index (χ1) is 8.51. The SMILES string of the molecule is C#CCN(CC)c1cc([N+](=O)[O-])ccc1C(=O)O. The van der Waals surface area contributed by atoms with E-state index in [0.29, 0.717) is 6.54 Å². The Morgan fingerprint density at radius 3 is 2.72 bits per heavy atom. The molecule has 1 N–H and O–H groups in total. The molecule has 1 aromatic carbocycles. The molecule has 0 radical (unpaired) electrons. The van der Waals surface area contributed by atoms with Gasteiger partial charge in [0.2, 0.25) is 0 Å². The monoisotopic (exact) mass is 248 g/mol. The van der Waals surface area contributed by atoms with Crippen LogP contribution in [-0.4, -0.2) is 29.1 Å². The maximum atomic E-state index is 11.1. The van der Waals surface area contributed by atoms with Crippen molar-refractivity contribution < 1.29 is 14.8 Å². The highest BCUT2D eigenvalue weighted by Gasteiger charge is 2.18. The number of non-ortho nitro benzene ring substituents is 1. The molecule has 6 heteroatoms. The van der Waals surface area contributed by atoms with Crippen molar-refractivity contribution >= 4 is 17.3 Å². The Kier molecular flexibility index (Phi) is 4.27. The largest absolute Gasteiger partial charge is 0.478 e. The fourth-order valence-electron chi connectivity index (χ4n) is 1.55. The highest BCUT2D eigenvalue weighted by atomic mass is 16.6. The number of carbonyl (C=O) groups is 1. The minimum absolute atomic E-state index is 0.00213. The molecule has 0 aliphatic rings. The van der Waals surface area contributed by atoms with E-state index < -0.39 is 10.9 Å². The number of anilines is 1. The highest BCUT2D eigenvalue weighted by Crippen LogP contribution is 2.26. The van der Waals surface area contributed by atoms with Crippen molar-refractivity contribution in [3.8, 4) is 12.3 Å². The number of nitrogens with zero attached hydrogens (tertiary/aromatic N) is 2. The summed E-state index contributed by atoms with van der Waals surface area (Å²) in [6.45, 7) is 2.45. The van der Waals surface area contributed by atoms with Gasteiger partial charge in [0.15, 0.2) is 0 Å². The van der Waals surface area contributed by atoms with E-state index >= 15 is 0 Å². The molecule has 1 aromatic rings. The van der Waals surface area contributed by atoms with Gasteiger partial charge >= 0.3 is 5.97 Å². The van der Waals surface area contributed by atoms with E-state index in [1.54, 1.807) is 11.8 Å². The molecule has 18 heavy (non-hydrogen) atoms. The summed E-state index contributed by atoms with van der Waals surface area (Å²) in [5.74, 6) is 1.25. The Bertz CT molecular complexity index is 519. The fraction of sp³-hybridized carbons (Fsp3) is 0.250. The molecule has 0 amide bonds. The number of hydrogen-bond acceptors (Lipinski definition) is 4. The van der Waals surface area contributed by atoms with Gasteiger partial charge < -0.3 is 10.0 Å². The number of terminal acetylenes is 1. The van der Waals surface area contributed by atoms with Gasteiger partial charge in [0, 0.05) is 18.7 Å². The molecular weight excluding hydrogens is 236 g/mol. The first-order valence-corrected chi connectivity index (χ1v) is 5.21. The van der Waals surface area contributed by atoms with Gasteiger partial charge in [-0.25, -0.2) is 4.79 Å². The molecule has 0 bridgehead atoms. The van der Waals surface area contributed by atoms with Gasteiger partial charge in [0.1, 0.15) is 0 Å². The highest BCUT2D eigenvalue weighted by molar-refractivity contribution is 5.95. The first-order valence-electron chi connectivity index (χ1n) is 5.21. The number of nitro groups is 1. The number of benzene rings is 1. The molecule has 0 saturated heterocycles. The van der Waals surface area contributed by atoms with Crippen LogP contribution in [0.5, 0.6) is 0 Å². The summed E-state index contributed by atoms with van der Waals surface area (Å²) in [4.78, 5) is 22.8. The van der Waals surface area contributed by atoms with Crippen LogP contribution in [0.2, 0.25) is 0 Å². The van der Waals surface area contributed by atoms with Crippen LogP contribution in [0.3, 0.4) is 0 Å². The predicted octanol–water partition coefficient (Wildman–Crippen LogP) is 1.75. The molecule has 0 atom stereocenters. The second-order valence-electron chi connectivity index (χ2n) is 3.48. The Morgan fingerprint density at radius 1 is 1.61 bits per heavy atom. The van der Waals surface area contributed by atoms with E-state index in [9.17, 15) is 14.9 Å². The molecule has 1 rings (SSSR count). The van der Waals surface area contributed by atoms with Crippen molar-refractivity contribution in [3.63, 3.8) is 0 Å². The molecule has 0 unspecified atom stereocenters. The van der Waals surface area contributed by atoms with Crippen LogP contribution in [0.4, 0.5) is 11.4 Å². The van der Waals surface area contributed by atoms with E-state index in [1.807, 2.05) is 0 Å². The Balaban J connectivity index is 3.35. The van der Waals surface area contributed by atoms with E-state index in [-0.39, 0.29) is 23.5 Å². The van der Waals surface area contributed by atoms with Crippen molar-refractivity contribution in [1.82, 2.24) is 0 Å². The van der Waals surface area contributed by atoms with Gasteiger partial charge in [-0.05, 0) is 13.0 Å². The van der Waals surface area contributed by atoms with Crippen molar-refractivity contribution in [2.24, 2.45) is 0 Å². The van der Waals surface area contributed by atoms with Crippen LogP contribution in [0.15, 0.2) is 18.2 Å². The number of rotatable bonds is 5. The second-order valence-corrected chi connectivity index (χ2v) is 3.48. The molecule has 0 spiro atoms. The summed E-state index contributed by atoms with van der Waals surface area (Å²) in [6, 6.07) is 3.61. The number of carboxylic acids is 1. The van der Waals surface area contributed by atoms with Gasteiger partial charge in [-0.3, -0.25) is 10.1 Å². The number of hydrogen-bond donors (Lipinski definition) is 1. The zero-order chi connectivity index (χ0) is 13.7. The third kappa shape index (κ3) is 2.77. The average molecular weight is 248 g/mol. The minimum Gasteiger partial charge on any atom is -0.478 e. The predicted molar refractivity (Wildman–Crippen MR) is 66.8 cm³/mol. The lowest BCUT2D eigenvalue weighted by molar-refractivity contribution is -0.384. The standard InChI is InChI=1S/C12H12N2O4/c1-3-7-13(4-2)11-8-9(14(17)18)5-6-10(11)12(15)16/h1,5-6,8H,4,7H2,2H3,(H,15,16). The Hall–Kier alpha value is -2.55. The lowest BCUT2D eigenvalue weighted by Gasteiger charge is -2.21. The lowest BCUT2D eigenvalue weighted by atomic mass is 10.1. The van der Waals surface area contributed by atoms with Crippen molar-refractivity contribution in [3.05, 3.63) is 33.9 Å². The van der Waals surface area contributed by atoms with Gasteiger partial charge in [0.05, 0.1) is 22.7 Å². The first kappa shape index (κ1) is 13.5. The second kappa shape index (κ2) is 5.68. The van der Waals surface area contributed by atoms with Crippen LogP contribution in [0.1, 0.15) is 17.3 Å². The lowest BCUT2D eigenvalue weighted by Crippen LogP contribution is -2.25. The Labute approximate surface area is 104 Å². The van der Waals surface area contributed by atoms with E-state index in [0.717, 1.165) is 6.07 Å². The third-order valence-corrected chi connectivity index (χ3v) is 2.43. The van der Waals surface area contributed by atoms with Crippen LogP contribution >= 0.6 is 0 Å². The minimum atomic E-state index is -1.14. The summed E-state index contributed by atoms with van der Waals surface area (Å²) in [5.41, 5.74) is 0.0975. The summed E-state index contributed by atoms with van der Waals surface area (Å²) in [6.07, 6.45) is 5.19. The van der Waals surface area contributed by atoms with E-state index in [2.05, 4.69) is 5.92 Å². The van der Waals surface area contributed by atoms with Crippen LogP contribution in [0, 0.1) is 22.5 Å². The van der Waals surface area contributed by atoms with Gasteiger partial charge in [-0.2, -0.15) is 0 Å². The molecule has 0 aromatic heterocycles. The van der Waals surface area contributed by atoms with Gasteiger partial charge in [0.25, 0.3) is 5.69 Å².